The number of rotatable bonds is 14. The number of imidazole rings is 1. The van der Waals surface area contributed by atoms with Crippen LogP contribution in [0.5, 0.6) is 5.88 Å². The maximum atomic E-state index is 15.5. The van der Waals surface area contributed by atoms with E-state index in [-0.39, 0.29) is 30.5 Å². The Morgan fingerprint density at radius 3 is 2.56 bits per heavy atom. The lowest BCUT2D eigenvalue weighted by Crippen LogP contribution is -2.33. The Morgan fingerprint density at radius 2 is 1.95 bits per heavy atom. The quantitative estimate of drug-likeness (QED) is 0.212. The molecule has 39 heavy (non-hydrogen) atoms. The number of methoxy groups -OCH3 is 1. The average Bonchev–Trinajstić information content (AvgIpc) is 3.25. The maximum absolute atomic E-state index is 15.5. The molecule has 7 nitrogen and oxygen atoms in total. The lowest BCUT2D eigenvalue weighted by molar-refractivity contribution is -0.125. The average molecular weight is 556 g/mol. The number of hydrogen-bond donors (Lipinski definition) is 3. The van der Waals surface area contributed by atoms with Crippen molar-refractivity contribution in [2.24, 2.45) is 11.8 Å². The predicted octanol–water partition coefficient (Wildman–Crippen LogP) is 6.00. The van der Waals surface area contributed by atoms with Crippen molar-refractivity contribution in [3.05, 3.63) is 70.9 Å². The van der Waals surface area contributed by atoms with Crippen LogP contribution in [0.4, 0.5) is 4.39 Å². The van der Waals surface area contributed by atoms with Gasteiger partial charge in [0.05, 0.1) is 25.8 Å². The summed E-state index contributed by atoms with van der Waals surface area (Å²) in [5.74, 6) is 0.146. The van der Waals surface area contributed by atoms with Crippen LogP contribution in [0.2, 0.25) is 0 Å². The molecular formula is C30H38FN3O4S. The Bertz CT molecular complexity index is 1290. The van der Waals surface area contributed by atoms with E-state index in [4.69, 9.17) is 4.74 Å². The number of carbonyl (C=O) groups excluding carboxylic acids is 1. The van der Waals surface area contributed by atoms with Crippen LogP contribution in [-0.4, -0.2) is 39.4 Å². The van der Waals surface area contributed by atoms with Gasteiger partial charge in [-0.15, -0.1) is 0 Å². The third kappa shape index (κ3) is 7.62. The van der Waals surface area contributed by atoms with Crippen LogP contribution in [0.25, 0.3) is 11.1 Å². The first kappa shape index (κ1) is 30.2. The fourth-order valence-electron chi connectivity index (χ4n) is 4.64. The number of carboxylic acid groups (broad SMARTS) is 1. The van der Waals surface area contributed by atoms with Crippen molar-refractivity contribution >= 4 is 24.5 Å². The van der Waals surface area contributed by atoms with Crippen molar-refractivity contribution in [3.63, 3.8) is 0 Å². The molecule has 0 aliphatic heterocycles. The van der Waals surface area contributed by atoms with Crippen LogP contribution in [-0.2, 0) is 24.3 Å². The first-order chi connectivity index (χ1) is 18.7. The lowest BCUT2D eigenvalue weighted by atomic mass is 9.98. The summed E-state index contributed by atoms with van der Waals surface area (Å²) in [6.45, 7) is 6.61. The second-order valence-electron chi connectivity index (χ2n) is 10.1. The van der Waals surface area contributed by atoms with Crippen LogP contribution in [0.15, 0.2) is 42.5 Å². The zero-order chi connectivity index (χ0) is 28.5. The highest BCUT2D eigenvalue weighted by Gasteiger charge is 2.23. The van der Waals surface area contributed by atoms with Crippen LogP contribution in [0, 0.1) is 17.7 Å². The molecule has 1 aromatic heterocycles. The van der Waals surface area contributed by atoms with Crippen molar-refractivity contribution < 1.29 is 23.8 Å². The van der Waals surface area contributed by atoms with Crippen LogP contribution >= 0.6 is 12.6 Å². The number of hydrogen-bond acceptors (Lipinski definition) is 5. The molecule has 0 saturated heterocycles. The van der Waals surface area contributed by atoms with Gasteiger partial charge in [0.15, 0.2) is 0 Å². The van der Waals surface area contributed by atoms with Crippen LogP contribution < -0.4 is 10.1 Å². The molecular weight excluding hydrogens is 517 g/mol. The Kier molecular flexibility index (Phi) is 11.0. The van der Waals surface area contributed by atoms with E-state index in [1.54, 1.807) is 30.3 Å². The number of amides is 1. The summed E-state index contributed by atoms with van der Waals surface area (Å²) < 4.78 is 22.9. The molecule has 1 heterocycles. The van der Waals surface area contributed by atoms with E-state index in [0.29, 0.717) is 46.4 Å². The van der Waals surface area contributed by atoms with Crippen molar-refractivity contribution in [1.82, 2.24) is 14.9 Å². The largest absolute Gasteiger partial charge is 0.480 e. The molecule has 2 N–H and O–H groups in total. The van der Waals surface area contributed by atoms with Gasteiger partial charge < -0.3 is 19.7 Å². The summed E-state index contributed by atoms with van der Waals surface area (Å²) in [5, 5.41) is 12.5. The minimum atomic E-state index is -1.07. The van der Waals surface area contributed by atoms with Crippen LogP contribution in [0.3, 0.4) is 0 Å². The number of aromatic carboxylic acids is 1. The number of ether oxygens (including phenoxy) is 1. The standard InChI is InChI=1S/C30H38FN3O4S/c1-5-6-11-27-33-29(38-4)26(16-32-28(35)22(18-39)14-19(2)3)34(27)17-21-13-12-20(15-25(21)31)23-9-7-8-10-24(23)30(36)37/h7-10,12-13,15,19,22,39H,5-6,11,14,16-18H2,1-4H3,(H,32,35)(H,36,37)/t22-/m1/s1. The molecule has 9 heteroatoms. The fraction of sp³-hybridized carbons (Fsp3) is 0.433. The molecule has 0 radical (unpaired) electrons. The first-order valence-electron chi connectivity index (χ1n) is 13.3. The smallest absolute Gasteiger partial charge is 0.336 e. The summed E-state index contributed by atoms with van der Waals surface area (Å²) in [7, 11) is 1.53. The SMILES string of the molecule is CCCCc1nc(OC)c(CNC(=O)[C@@H](CS)CC(C)C)n1Cc1ccc(-c2ccccc2C(=O)O)cc1F. The van der Waals surface area contributed by atoms with Gasteiger partial charge >= 0.3 is 5.97 Å². The number of thiol groups is 1. The number of nitrogens with one attached hydrogen (secondary N) is 1. The van der Waals surface area contributed by atoms with Gasteiger partial charge in [0.25, 0.3) is 0 Å². The molecule has 3 rings (SSSR count). The molecule has 210 valence electrons. The highest BCUT2D eigenvalue weighted by atomic mass is 32.1. The number of carboxylic acids is 1. The zero-order valence-electron chi connectivity index (χ0n) is 23.0. The number of unbranched alkanes of at least 4 members (excludes halogenated alkanes) is 1. The van der Waals surface area contributed by atoms with E-state index in [1.165, 1.54) is 19.2 Å². The summed E-state index contributed by atoms with van der Waals surface area (Å²) >= 11 is 4.36. The highest BCUT2D eigenvalue weighted by Crippen LogP contribution is 2.28. The van der Waals surface area contributed by atoms with Gasteiger partial charge in [-0.2, -0.15) is 17.6 Å². The minimum Gasteiger partial charge on any atom is -0.480 e. The molecule has 0 saturated carbocycles. The van der Waals surface area contributed by atoms with E-state index in [9.17, 15) is 14.7 Å². The Labute approximate surface area is 235 Å². The summed E-state index contributed by atoms with van der Waals surface area (Å²) in [6.07, 6.45) is 3.27. The van der Waals surface area contributed by atoms with Crippen LogP contribution in [0.1, 0.15) is 67.5 Å². The molecule has 1 atom stereocenters. The van der Waals surface area contributed by atoms with E-state index in [2.05, 4.69) is 43.7 Å². The molecule has 3 aromatic rings. The molecule has 2 aromatic carbocycles. The summed E-state index contributed by atoms with van der Waals surface area (Å²) in [6, 6.07) is 11.3. The molecule has 0 aliphatic rings. The van der Waals surface area contributed by atoms with Gasteiger partial charge in [0, 0.05) is 23.7 Å². The topological polar surface area (TPSA) is 93.5 Å². The van der Waals surface area contributed by atoms with Gasteiger partial charge in [0.1, 0.15) is 17.3 Å². The monoisotopic (exact) mass is 555 g/mol. The predicted molar refractivity (Wildman–Crippen MR) is 154 cm³/mol. The molecule has 0 fully saturated rings. The highest BCUT2D eigenvalue weighted by molar-refractivity contribution is 7.80. The molecule has 0 unspecified atom stereocenters. The normalized spacial score (nSPS) is 12.0. The van der Waals surface area contributed by atoms with E-state index >= 15 is 4.39 Å². The summed E-state index contributed by atoms with van der Waals surface area (Å²) in [4.78, 5) is 29.2. The van der Waals surface area contributed by atoms with Gasteiger partial charge in [-0.3, -0.25) is 4.79 Å². The van der Waals surface area contributed by atoms with Gasteiger partial charge in [-0.25, -0.2) is 9.18 Å². The number of nitrogens with zero attached hydrogens (tertiary/aromatic N) is 2. The first-order valence-corrected chi connectivity index (χ1v) is 13.9. The molecule has 0 spiro atoms. The minimum absolute atomic E-state index is 0.0868. The number of aromatic nitrogens is 2. The Morgan fingerprint density at radius 1 is 1.21 bits per heavy atom. The second kappa shape index (κ2) is 14.2. The van der Waals surface area contributed by atoms with E-state index in [1.807, 2.05) is 4.57 Å². The summed E-state index contributed by atoms with van der Waals surface area (Å²) in [5.41, 5.74) is 2.14. The van der Waals surface area contributed by atoms with Crippen molar-refractivity contribution in [2.75, 3.05) is 12.9 Å². The third-order valence-electron chi connectivity index (χ3n) is 6.69. The fourth-order valence-corrected chi connectivity index (χ4v) is 4.96. The Balaban J connectivity index is 1.94. The molecule has 0 bridgehead atoms. The van der Waals surface area contributed by atoms with E-state index in [0.717, 1.165) is 25.1 Å². The van der Waals surface area contributed by atoms with E-state index < -0.39 is 11.8 Å². The van der Waals surface area contributed by atoms with Crippen molar-refractivity contribution in [3.8, 4) is 17.0 Å². The number of benzene rings is 2. The Hall–Kier alpha value is -3.33. The van der Waals surface area contributed by atoms with Gasteiger partial charge in [-0.1, -0.05) is 57.5 Å². The lowest BCUT2D eigenvalue weighted by Gasteiger charge is -2.18. The van der Waals surface area contributed by atoms with Crippen molar-refractivity contribution in [2.45, 2.75) is 59.5 Å². The number of aryl methyl sites for hydroxylation is 1. The zero-order valence-corrected chi connectivity index (χ0v) is 23.9. The molecule has 0 aliphatic carbocycles. The molecule has 1 amide bonds. The number of halogens is 1. The third-order valence-corrected chi connectivity index (χ3v) is 7.13. The van der Waals surface area contributed by atoms with Gasteiger partial charge in [0.2, 0.25) is 11.8 Å². The van der Waals surface area contributed by atoms with Crippen molar-refractivity contribution in [1.29, 1.82) is 0 Å². The maximum Gasteiger partial charge on any atom is 0.336 e. The second-order valence-corrected chi connectivity index (χ2v) is 10.4. The van der Waals surface area contributed by atoms with Gasteiger partial charge in [-0.05, 0) is 42.0 Å². The number of carbonyl (C=O) groups is 2.